The van der Waals surface area contributed by atoms with Gasteiger partial charge in [0, 0.05) is 20.6 Å². The van der Waals surface area contributed by atoms with Crippen molar-refractivity contribution in [2.45, 2.75) is 19.4 Å². The van der Waals surface area contributed by atoms with E-state index in [0.29, 0.717) is 33.0 Å². The van der Waals surface area contributed by atoms with Crippen LogP contribution in [0.3, 0.4) is 0 Å². The van der Waals surface area contributed by atoms with Crippen molar-refractivity contribution in [1.29, 1.82) is 0 Å². The van der Waals surface area contributed by atoms with Crippen LogP contribution in [0.2, 0.25) is 0 Å². The Morgan fingerprint density at radius 2 is 1.62 bits per heavy atom. The van der Waals surface area contributed by atoms with Crippen LogP contribution >= 0.6 is 31.9 Å². The van der Waals surface area contributed by atoms with Crippen molar-refractivity contribution in [2.75, 3.05) is 6.54 Å². The van der Waals surface area contributed by atoms with E-state index >= 15 is 0 Å². The summed E-state index contributed by atoms with van der Waals surface area (Å²) in [5.41, 5.74) is 1.11. The number of hydrogen-bond acceptors (Lipinski definition) is 1. The number of nitrogens with one attached hydrogen (secondary N) is 1. The van der Waals surface area contributed by atoms with Gasteiger partial charge >= 0.3 is 0 Å². The van der Waals surface area contributed by atoms with E-state index < -0.39 is 0 Å². The maximum Gasteiger partial charge on any atom is 0.129 e. The molecule has 21 heavy (non-hydrogen) atoms. The second-order valence-electron chi connectivity index (χ2n) is 4.72. The van der Waals surface area contributed by atoms with Crippen LogP contribution in [0.5, 0.6) is 0 Å². The normalized spacial score (nSPS) is 12.4. The molecule has 0 heterocycles. The lowest BCUT2D eigenvalue weighted by molar-refractivity contribution is 0.498. The first-order valence-corrected chi connectivity index (χ1v) is 8.22. The van der Waals surface area contributed by atoms with Crippen LogP contribution in [0.15, 0.2) is 45.3 Å². The fourth-order valence-corrected chi connectivity index (χ4v) is 2.90. The Hall–Kier alpha value is -0.780. The summed E-state index contributed by atoms with van der Waals surface area (Å²) in [6.07, 6.45) is 0.394. The Morgan fingerprint density at radius 3 is 2.19 bits per heavy atom. The van der Waals surface area contributed by atoms with Gasteiger partial charge in [-0.15, -0.1) is 0 Å². The van der Waals surface area contributed by atoms with Gasteiger partial charge in [-0.1, -0.05) is 50.9 Å². The maximum atomic E-state index is 14.1. The predicted octanol–water partition coefficient (Wildman–Crippen LogP) is 5.38. The molecule has 0 bridgehead atoms. The summed E-state index contributed by atoms with van der Waals surface area (Å²) < 4.78 is 29.5. The number of rotatable bonds is 5. The zero-order valence-corrected chi connectivity index (χ0v) is 14.6. The smallest absolute Gasteiger partial charge is 0.129 e. The summed E-state index contributed by atoms with van der Waals surface area (Å²) in [5.74, 6) is -0.586. The van der Waals surface area contributed by atoms with Gasteiger partial charge in [0.15, 0.2) is 0 Å². The van der Waals surface area contributed by atoms with Gasteiger partial charge in [0.25, 0.3) is 0 Å². The zero-order chi connectivity index (χ0) is 15.4. The van der Waals surface area contributed by atoms with E-state index in [1.807, 2.05) is 6.92 Å². The van der Waals surface area contributed by atoms with E-state index in [-0.39, 0.29) is 17.7 Å². The highest BCUT2D eigenvalue weighted by Crippen LogP contribution is 2.26. The van der Waals surface area contributed by atoms with Crippen molar-refractivity contribution in [2.24, 2.45) is 0 Å². The molecule has 112 valence electrons. The molecule has 1 N–H and O–H groups in total. The summed E-state index contributed by atoms with van der Waals surface area (Å²) in [4.78, 5) is 0. The van der Waals surface area contributed by atoms with Gasteiger partial charge in [-0.3, -0.25) is 0 Å². The lowest BCUT2D eigenvalue weighted by atomic mass is 9.98. The molecular formula is C16H15Br2F2N. The van der Waals surface area contributed by atoms with E-state index in [0.717, 1.165) is 0 Å². The monoisotopic (exact) mass is 417 g/mol. The average Bonchev–Trinajstić information content (AvgIpc) is 2.41. The summed E-state index contributed by atoms with van der Waals surface area (Å²) in [6, 6.07) is 9.62. The predicted molar refractivity (Wildman–Crippen MR) is 88.3 cm³/mol. The van der Waals surface area contributed by atoms with Crippen LogP contribution in [-0.4, -0.2) is 6.54 Å². The molecule has 2 rings (SSSR count). The molecule has 0 aliphatic rings. The van der Waals surface area contributed by atoms with Gasteiger partial charge in [-0.2, -0.15) is 0 Å². The first-order valence-electron chi connectivity index (χ1n) is 6.63. The van der Waals surface area contributed by atoms with Crippen LogP contribution in [-0.2, 0) is 6.42 Å². The average molecular weight is 419 g/mol. The summed E-state index contributed by atoms with van der Waals surface area (Å²) in [7, 11) is 0. The van der Waals surface area contributed by atoms with Crippen molar-refractivity contribution in [3.63, 3.8) is 0 Å². The van der Waals surface area contributed by atoms with Crippen LogP contribution in [0, 0.1) is 11.6 Å². The minimum Gasteiger partial charge on any atom is -0.310 e. The number of halogens is 4. The maximum absolute atomic E-state index is 14.1. The van der Waals surface area contributed by atoms with Crippen LogP contribution < -0.4 is 5.32 Å². The fourth-order valence-electron chi connectivity index (χ4n) is 2.23. The van der Waals surface area contributed by atoms with Gasteiger partial charge in [0.2, 0.25) is 0 Å². The Labute approximate surface area is 140 Å². The Balaban J connectivity index is 2.30. The molecular weight excluding hydrogens is 404 g/mol. The van der Waals surface area contributed by atoms with E-state index in [2.05, 4.69) is 37.2 Å². The standard InChI is InChI=1S/C16H15Br2F2N/c1-2-21-16(13-6-5-12(18)9-15(13)20)7-10-3-4-11(17)8-14(10)19/h3-6,8-9,16,21H,2,7H2,1H3. The first kappa shape index (κ1) is 16.6. The highest BCUT2D eigenvalue weighted by atomic mass is 79.9. The molecule has 0 radical (unpaired) electrons. The van der Waals surface area contributed by atoms with Crippen molar-refractivity contribution in [3.8, 4) is 0 Å². The second kappa shape index (κ2) is 7.47. The Morgan fingerprint density at radius 1 is 1.00 bits per heavy atom. The van der Waals surface area contributed by atoms with E-state index in [9.17, 15) is 8.78 Å². The first-order chi connectivity index (χ1) is 10.0. The van der Waals surface area contributed by atoms with E-state index in [1.165, 1.54) is 12.1 Å². The number of likely N-dealkylation sites (N-methyl/N-ethyl adjacent to an activating group) is 1. The minimum atomic E-state index is -0.298. The Bertz CT molecular complexity index is 632. The molecule has 0 amide bonds. The van der Waals surface area contributed by atoms with E-state index in [4.69, 9.17) is 0 Å². The van der Waals surface area contributed by atoms with Gasteiger partial charge in [0.05, 0.1) is 0 Å². The fraction of sp³-hybridized carbons (Fsp3) is 0.250. The SMILES string of the molecule is CCNC(Cc1ccc(Br)cc1F)c1ccc(Br)cc1F. The largest absolute Gasteiger partial charge is 0.310 e. The van der Waals surface area contributed by atoms with Gasteiger partial charge in [0.1, 0.15) is 11.6 Å². The molecule has 0 saturated carbocycles. The molecule has 0 spiro atoms. The highest BCUT2D eigenvalue weighted by Gasteiger charge is 2.17. The lowest BCUT2D eigenvalue weighted by Gasteiger charge is -2.19. The summed E-state index contributed by atoms with van der Waals surface area (Å²) in [6.45, 7) is 2.63. The molecule has 1 unspecified atom stereocenters. The molecule has 0 saturated heterocycles. The topological polar surface area (TPSA) is 12.0 Å². The summed E-state index contributed by atoms with van der Waals surface area (Å²) in [5, 5.41) is 3.22. The second-order valence-corrected chi connectivity index (χ2v) is 6.55. The van der Waals surface area contributed by atoms with Gasteiger partial charge in [-0.05, 0) is 42.8 Å². The molecule has 1 atom stereocenters. The van der Waals surface area contributed by atoms with Crippen molar-refractivity contribution < 1.29 is 8.78 Å². The summed E-state index contributed by atoms with van der Waals surface area (Å²) >= 11 is 6.48. The molecule has 0 aromatic heterocycles. The van der Waals surface area contributed by atoms with Crippen LogP contribution in [0.4, 0.5) is 8.78 Å². The molecule has 0 aliphatic carbocycles. The molecule has 5 heteroatoms. The van der Waals surface area contributed by atoms with Crippen LogP contribution in [0.1, 0.15) is 24.1 Å². The third-order valence-corrected chi connectivity index (χ3v) is 4.21. The number of benzene rings is 2. The third-order valence-electron chi connectivity index (χ3n) is 3.23. The van der Waals surface area contributed by atoms with Crippen molar-refractivity contribution in [1.82, 2.24) is 5.32 Å². The van der Waals surface area contributed by atoms with Crippen molar-refractivity contribution in [3.05, 3.63) is 68.1 Å². The molecule has 0 aliphatic heterocycles. The molecule has 2 aromatic rings. The molecule has 1 nitrogen and oxygen atoms in total. The van der Waals surface area contributed by atoms with E-state index in [1.54, 1.807) is 24.3 Å². The van der Waals surface area contributed by atoms with Crippen LogP contribution in [0.25, 0.3) is 0 Å². The van der Waals surface area contributed by atoms with Gasteiger partial charge in [-0.25, -0.2) is 8.78 Å². The highest BCUT2D eigenvalue weighted by molar-refractivity contribution is 9.10. The third kappa shape index (κ3) is 4.34. The van der Waals surface area contributed by atoms with Gasteiger partial charge < -0.3 is 5.32 Å². The molecule has 0 fully saturated rings. The lowest BCUT2D eigenvalue weighted by Crippen LogP contribution is -2.24. The Kier molecular flexibility index (Phi) is 5.90. The van der Waals surface area contributed by atoms with Crippen molar-refractivity contribution >= 4 is 31.9 Å². The zero-order valence-electron chi connectivity index (χ0n) is 11.5. The minimum absolute atomic E-state index is 0.265. The molecule has 2 aromatic carbocycles. The quantitative estimate of drug-likeness (QED) is 0.686. The number of hydrogen-bond donors (Lipinski definition) is 1.